The van der Waals surface area contributed by atoms with Gasteiger partial charge in [0.2, 0.25) is 5.88 Å². The van der Waals surface area contributed by atoms with Crippen LogP contribution in [-0.2, 0) is 11.8 Å². The number of nitriles is 1. The second-order valence-electron chi connectivity index (χ2n) is 8.76. The highest BCUT2D eigenvalue weighted by Gasteiger charge is 2.50. The van der Waals surface area contributed by atoms with E-state index in [1.807, 2.05) is 37.3 Å². The molecule has 0 unspecified atom stereocenters. The van der Waals surface area contributed by atoms with E-state index in [9.17, 15) is 10.4 Å². The summed E-state index contributed by atoms with van der Waals surface area (Å²) in [6.45, 7) is 4.17. The van der Waals surface area contributed by atoms with E-state index in [0.29, 0.717) is 23.7 Å². The highest BCUT2D eigenvalue weighted by molar-refractivity contribution is 5.92. The van der Waals surface area contributed by atoms with Crippen LogP contribution < -0.4 is 4.74 Å². The van der Waals surface area contributed by atoms with Crippen LogP contribution in [-0.4, -0.2) is 27.2 Å². The van der Waals surface area contributed by atoms with Crippen LogP contribution in [0.4, 0.5) is 0 Å². The van der Waals surface area contributed by atoms with Crippen LogP contribution in [0.1, 0.15) is 37.9 Å². The largest absolute Gasteiger partial charge is 0.511 e. The molecule has 156 valence electrons. The van der Waals surface area contributed by atoms with Gasteiger partial charge in [0.15, 0.2) is 5.82 Å². The Balaban J connectivity index is 1.76. The second-order valence-corrected chi connectivity index (χ2v) is 8.76. The summed E-state index contributed by atoms with van der Waals surface area (Å²) in [7, 11) is 1.64. The minimum Gasteiger partial charge on any atom is -0.511 e. The quantitative estimate of drug-likeness (QED) is 0.644. The van der Waals surface area contributed by atoms with Crippen molar-refractivity contribution in [2.45, 2.75) is 38.5 Å². The van der Waals surface area contributed by atoms with Gasteiger partial charge in [-0.3, -0.25) is 4.98 Å². The Labute approximate surface area is 181 Å². The highest BCUT2D eigenvalue weighted by Crippen LogP contribution is 2.54. The fourth-order valence-corrected chi connectivity index (χ4v) is 5.57. The van der Waals surface area contributed by atoms with Crippen molar-refractivity contribution < 1.29 is 9.84 Å². The van der Waals surface area contributed by atoms with Crippen LogP contribution in [0.3, 0.4) is 0 Å². The highest BCUT2D eigenvalue weighted by atomic mass is 16.5. The number of rotatable bonds is 2. The molecule has 6 heteroatoms. The number of aromatic nitrogens is 3. The van der Waals surface area contributed by atoms with Gasteiger partial charge < -0.3 is 9.84 Å². The van der Waals surface area contributed by atoms with Crippen LogP contribution in [0.2, 0.25) is 0 Å². The summed E-state index contributed by atoms with van der Waals surface area (Å²) in [5.41, 5.74) is 3.80. The monoisotopic (exact) mass is 412 g/mol. The number of pyridine rings is 1. The number of aliphatic hydroxyl groups is 1. The van der Waals surface area contributed by atoms with Gasteiger partial charge in [-0.05, 0) is 37.3 Å². The van der Waals surface area contributed by atoms with E-state index in [1.165, 1.54) is 0 Å². The molecule has 0 saturated heterocycles. The Morgan fingerprint density at radius 2 is 2.03 bits per heavy atom. The van der Waals surface area contributed by atoms with Crippen molar-refractivity contribution in [3.05, 3.63) is 59.1 Å². The number of para-hydroxylation sites is 1. The summed E-state index contributed by atoms with van der Waals surface area (Å²) in [6, 6.07) is 12.1. The zero-order valence-corrected chi connectivity index (χ0v) is 17.9. The van der Waals surface area contributed by atoms with Gasteiger partial charge in [0, 0.05) is 34.0 Å². The molecule has 1 aromatic carbocycles. The SMILES string of the molecule is COc1nc(-c2ccnc3ccccc23)nc2c1CC[C@@H]1[C@@H](C)C(O)=C(C#N)C[C@@]21C. The Bertz CT molecular complexity index is 1270. The Morgan fingerprint density at radius 3 is 2.81 bits per heavy atom. The number of benzene rings is 1. The van der Waals surface area contributed by atoms with Gasteiger partial charge in [-0.2, -0.15) is 10.2 Å². The second kappa shape index (κ2) is 7.05. The molecule has 31 heavy (non-hydrogen) atoms. The van der Waals surface area contributed by atoms with Gasteiger partial charge in [-0.15, -0.1) is 0 Å². The third-order valence-corrected chi connectivity index (χ3v) is 7.14. The molecule has 0 radical (unpaired) electrons. The molecule has 2 aliphatic rings. The number of fused-ring (bicyclic) bond motifs is 4. The standard InChI is InChI=1S/C25H24N4O2/c1-14-19-9-8-18-22(25(19,2)12-15(13-26)21(14)30)28-23(29-24(18)31-3)17-10-11-27-20-7-5-4-6-16(17)20/h4-7,10-11,14,19,30H,8-9,12H2,1-3H3/t14-,19-,25-/m1/s1. The number of aliphatic hydroxyl groups excluding tert-OH is 1. The van der Waals surface area contributed by atoms with Gasteiger partial charge in [0.25, 0.3) is 0 Å². The van der Waals surface area contributed by atoms with E-state index >= 15 is 0 Å². The normalized spacial score (nSPS) is 25.0. The maximum Gasteiger partial charge on any atom is 0.220 e. The molecule has 6 nitrogen and oxygen atoms in total. The maximum absolute atomic E-state index is 10.6. The molecule has 3 aromatic rings. The smallest absolute Gasteiger partial charge is 0.220 e. The van der Waals surface area contributed by atoms with E-state index in [0.717, 1.165) is 40.6 Å². The third kappa shape index (κ3) is 2.80. The first-order chi connectivity index (χ1) is 15.0. The lowest BCUT2D eigenvalue weighted by atomic mass is 9.57. The lowest BCUT2D eigenvalue weighted by Crippen LogP contribution is -2.45. The number of methoxy groups -OCH3 is 1. The zero-order valence-electron chi connectivity index (χ0n) is 17.9. The van der Waals surface area contributed by atoms with Crippen molar-refractivity contribution in [1.82, 2.24) is 15.0 Å². The molecule has 0 spiro atoms. The molecule has 0 aliphatic heterocycles. The predicted octanol–water partition coefficient (Wildman–Crippen LogP) is 4.90. The molecular formula is C25H24N4O2. The minimum absolute atomic E-state index is 0.0901. The minimum atomic E-state index is -0.377. The van der Waals surface area contributed by atoms with Crippen LogP contribution in [0.5, 0.6) is 5.88 Å². The number of hydrogen-bond donors (Lipinski definition) is 1. The summed E-state index contributed by atoms with van der Waals surface area (Å²) in [4.78, 5) is 14.3. The Kier molecular flexibility index (Phi) is 4.44. The van der Waals surface area contributed by atoms with E-state index < -0.39 is 0 Å². The summed E-state index contributed by atoms with van der Waals surface area (Å²) >= 11 is 0. The maximum atomic E-state index is 10.6. The fraction of sp³-hybridized carbons (Fsp3) is 0.360. The number of ether oxygens (including phenoxy) is 1. The summed E-state index contributed by atoms with van der Waals surface area (Å²) in [5, 5.41) is 21.2. The van der Waals surface area contributed by atoms with Crippen molar-refractivity contribution in [1.29, 1.82) is 5.26 Å². The van der Waals surface area contributed by atoms with Crippen molar-refractivity contribution in [3.63, 3.8) is 0 Å². The Morgan fingerprint density at radius 1 is 1.23 bits per heavy atom. The molecule has 2 aromatic heterocycles. The Hall–Kier alpha value is -3.46. The average Bonchev–Trinajstić information content (AvgIpc) is 2.80. The van der Waals surface area contributed by atoms with E-state index in [4.69, 9.17) is 14.7 Å². The van der Waals surface area contributed by atoms with Gasteiger partial charge in [-0.25, -0.2) is 4.98 Å². The van der Waals surface area contributed by atoms with E-state index in [1.54, 1.807) is 13.3 Å². The van der Waals surface area contributed by atoms with E-state index in [2.05, 4.69) is 18.0 Å². The molecule has 0 bridgehead atoms. The third-order valence-electron chi connectivity index (χ3n) is 7.14. The van der Waals surface area contributed by atoms with Gasteiger partial charge >= 0.3 is 0 Å². The van der Waals surface area contributed by atoms with Gasteiger partial charge in [0.1, 0.15) is 5.76 Å². The van der Waals surface area contributed by atoms with Crippen molar-refractivity contribution >= 4 is 10.9 Å². The summed E-state index contributed by atoms with van der Waals surface area (Å²) in [5.74, 6) is 1.52. The van der Waals surface area contributed by atoms with E-state index in [-0.39, 0.29) is 23.0 Å². The fourth-order valence-electron chi connectivity index (χ4n) is 5.57. The first kappa shape index (κ1) is 19.5. The molecule has 1 N–H and O–H groups in total. The summed E-state index contributed by atoms with van der Waals surface area (Å²) in [6.07, 6.45) is 3.92. The number of allylic oxidation sites excluding steroid dienone is 2. The van der Waals surface area contributed by atoms with Crippen LogP contribution in [0.15, 0.2) is 47.9 Å². The molecule has 0 saturated carbocycles. The molecule has 0 amide bonds. The average molecular weight is 412 g/mol. The first-order valence-electron chi connectivity index (χ1n) is 10.6. The lowest BCUT2D eigenvalue weighted by Gasteiger charge is -2.47. The number of nitrogens with zero attached hydrogens (tertiary/aromatic N) is 4. The van der Waals surface area contributed by atoms with Crippen LogP contribution in [0, 0.1) is 23.2 Å². The lowest BCUT2D eigenvalue weighted by molar-refractivity contribution is 0.134. The molecule has 0 fully saturated rings. The van der Waals surface area contributed by atoms with Gasteiger partial charge in [0.05, 0.1) is 30.0 Å². The molecule has 5 rings (SSSR count). The molecule has 2 heterocycles. The molecule has 3 atom stereocenters. The van der Waals surface area contributed by atoms with Gasteiger partial charge in [-0.1, -0.05) is 32.0 Å². The molecule has 2 aliphatic carbocycles. The topological polar surface area (TPSA) is 91.9 Å². The van der Waals surface area contributed by atoms with Crippen molar-refractivity contribution in [3.8, 4) is 23.3 Å². The molecular weight excluding hydrogens is 388 g/mol. The number of hydrogen-bond acceptors (Lipinski definition) is 6. The van der Waals surface area contributed by atoms with Crippen LogP contribution >= 0.6 is 0 Å². The first-order valence-corrected chi connectivity index (χ1v) is 10.6. The van der Waals surface area contributed by atoms with Crippen molar-refractivity contribution in [2.24, 2.45) is 11.8 Å². The van der Waals surface area contributed by atoms with Crippen LogP contribution in [0.25, 0.3) is 22.3 Å². The zero-order chi connectivity index (χ0) is 21.8. The van der Waals surface area contributed by atoms with Crippen molar-refractivity contribution in [2.75, 3.05) is 7.11 Å². The summed E-state index contributed by atoms with van der Waals surface area (Å²) < 4.78 is 5.72. The predicted molar refractivity (Wildman–Crippen MR) is 118 cm³/mol.